The second-order valence-electron chi connectivity index (χ2n) is 10.6. The lowest BCUT2D eigenvalue weighted by Gasteiger charge is -2.23. The van der Waals surface area contributed by atoms with Crippen molar-refractivity contribution in [3.05, 3.63) is 95.6 Å². The maximum atomic E-state index is 13.5. The first-order chi connectivity index (χ1) is 22.2. The van der Waals surface area contributed by atoms with E-state index in [1.165, 1.54) is 41.3 Å². The number of halogens is 6. The lowest BCUT2D eigenvalue weighted by molar-refractivity contribution is -0.274. The molecule has 1 aromatic heterocycles. The second kappa shape index (κ2) is 13.5. The van der Waals surface area contributed by atoms with E-state index in [4.69, 9.17) is 0 Å². The molecule has 9 nitrogen and oxygen atoms in total. The number of rotatable bonds is 8. The van der Waals surface area contributed by atoms with Crippen LogP contribution in [0.25, 0.3) is 5.69 Å². The molecule has 1 N–H and O–H groups in total. The van der Waals surface area contributed by atoms with Gasteiger partial charge in [-0.1, -0.05) is 43.8 Å². The van der Waals surface area contributed by atoms with Crippen LogP contribution in [0.2, 0.25) is 0 Å². The molecule has 2 heterocycles. The number of nitrogens with one attached hydrogen (secondary N) is 1. The van der Waals surface area contributed by atoms with Crippen LogP contribution in [0.5, 0.6) is 5.75 Å². The Hall–Kier alpha value is -4.86. The number of anilines is 2. The summed E-state index contributed by atoms with van der Waals surface area (Å²) < 4.78 is 82.9. The molecule has 1 aliphatic rings. The zero-order valence-electron chi connectivity index (χ0n) is 24.8. The number of urea groups is 1. The van der Waals surface area contributed by atoms with E-state index in [0.29, 0.717) is 35.6 Å². The Morgan fingerprint density at radius 3 is 2.34 bits per heavy atom. The molecule has 0 atom stereocenters. The Morgan fingerprint density at radius 1 is 1.00 bits per heavy atom. The number of aromatic nitrogens is 3. The number of nitrogens with zero attached hydrogens (tertiary/aromatic N) is 5. The molecule has 1 fully saturated rings. The van der Waals surface area contributed by atoms with Crippen molar-refractivity contribution in [2.45, 2.75) is 45.1 Å². The first kappa shape index (κ1) is 33.5. The van der Waals surface area contributed by atoms with Crippen LogP contribution in [0.15, 0.2) is 78.0 Å². The highest BCUT2D eigenvalue weighted by molar-refractivity contribution is 8.15. The monoisotopic (exact) mass is 676 g/mol. The second-order valence-corrected chi connectivity index (χ2v) is 11.6. The van der Waals surface area contributed by atoms with Gasteiger partial charge in [0.1, 0.15) is 12.1 Å². The SMILES string of the molecule is CC(C)c1ccc(C(F)(F)F)cc1N1C(=O)CS/C1=N\C(=O)Nc1ccc(CCc2ncn(-c3ccc(OC(F)(F)F)cc3)n2)cc1. The summed E-state index contributed by atoms with van der Waals surface area (Å²) in [4.78, 5) is 34.8. The molecule has 16 heteroatoms. The number of aryl methyl sites for hydroxylation is 2. The minimum atomic E-state index is -4.78. The molecule has 3 amide bonds. The zero-order chi connectivity index (χ0) is 33.9. The van der Waals surface area contributed by atoms with Gasteiger partial charge in [0.25, 0.3) is 0 Å². The number of carbonyl (C=O) groups is 2. The smallest absolute Gasteiger partial charge is 0.406 e. The Bertz CT molecular complexity index is 1790. The van der Waals surface area contributed by atoms with Gasteiger partial charge in [0.05, 0.1) is 22.7 Å². The summed E-state index contributed by atoms with van der Waals surface area (Å²) in [5, 5.41) is 6.94. The van der Waals surface area contributed by atoms with Crippen LogP contribution >= 0.6 is 11.8 Å². The fourth-order valence-electron chi connectivity index (χ4n) is 4.67. The molecule has 3 aromatic carbocycles. The maximum absolute atomic E-state index is 13.5. The fourth-order valence-corrected chi connectivity index (χ4v) is 5.53. The quantitative estimate of drug-likeness (QED) is 0.192. The molecular weight excluding hydrogens is 650 g/mol. The van der Waals surface area contributed by atoms with Crippen LogP contribution in [0, 0.1) is 0 Å². The summed E-state index contributed by atoms with van der Waals surface area (Å²) >= 11 is 0.960. The number of carbonyl (C=O) groups excluding carboxylic acids is 2. The highest BCUT2D eigenvalue weighted by Crippen LogP contribution is 2.38. The molecule has 47 heavy (non-hydrogen) atoms. The number of hydrogen-bond donors (Lipinski definition) is 1. The summed E-state index contributed by atoms with van der Waals surface area (Å²) in [6.07, 6.45) is -6.96. The van der Waals surface area contributed by atoms with Gasteiger partial charge in [-0.2, -0.15) is 23.3 Å². The van der Waals surface area contributed by atoms with Crippen LogP contribution in [0.1, 0.15) is 42.3 Å². The van der Waals surface area contributed by atoms with E-state index in [9.17, 15) is 35.9 Å². The van der Waals surface area contributed by atoms with Crippen molar-refractivity contribution in [3.8, 4) is 11.4 Å². The van der Waals surface area contributed by atoms with Gasteiger partial charge in [-0.15, -0.1) is 13.2 Å². The van der Waals surface area contributed by atoms with Crippen LogP contribution < -0.4 is 15.0 Å². The molecule has 4 aromatic rings. The van der Waals surface area contributed by atoms with Gasteiger partial charge >= 0.3 is 18.6 Å². The van der Waals surface area contributed by atoms with Gasteiger partial charge in [-0.25, -0.2) is 14.5 Å². The highest BCUT2D eigenvalue weighted by atomic mass is 32.2. The molecule has 246 valence electrons. The van der Waals surface area contributed by atoms with E-state index in [1.54, 1.807) is 38.1 Å². The average Bonchev–Trinajstić information content (AvgIpc) is 3.62. The number of alkyl halides is 6. The predicted octanol–water partition coefficient (Wildman–Crippen LogP) is 7.76. The lowest BCUT2D eigenvalue weighted by Crippen LogP contribution is -2.31. The molecule has 5 rings (SSSR count). The van der Waals surface area contributed by atoms with E-state index in [1.807, 2.05) is 0 Å². The van der Waals surface area contributed by atoms with Crippen LogP contribution in [0.3, 0.4) is 0 Å². The van der Waals surface area contributed by atoms with Crippen LogP contribution in [-0.2, 0) is 23.8 Å². The first-order valence-corrected chi connectivity index (χ1v) is 15.1. The normalized spacial score (nSPS) is 14.7. The molecular formula is C31H26F6N6O3S. The summed E-state index contributed by atoms with van der Waals surface area (Å²) in [5.74, 6) is -0.611. The standard InChI is InChI=1S/C31H26F6N6O3S/c1-18(2)24-13-6-20(30(32,33)34)15-25(24)43-27(44)16-47-29(43)40-28(45)39-21-7-3-19(4-8-21)5-14-26-38-17-42(41-26)22-9-11-23(12-10-22)46-31(35,36)37/h3-4,6-13,15,17-18H,5,14,16H2,1-2H3,(H,39,45)/b40-29-. The maximum Gasteiger partial charge on any atom is 0.573 e. The third kappa shape index (κ3) is 8.49. The van der Waals surface area contributed by atoms with E-state index < -0.39 is 30.0 Å². The third-order valence-corrected chi connectivity index (χ3v) is 7.82. The third-order valence-electron chi connectivity index (χ3n) is 6.90. The number of aliphatic imine (C=N–C) groups is 1. The molecule has 0 aliphatic carbocycles. The van der Waals surface area contributed by atoms with Crippen LogP contribution in [-0.4, -0.2) is 44.0 Å². The van der Waals surface area contributed by atoms with E-state index in [-0.39, 0.29) is 28.3 Å². The van der Waals surface area contributed by atoms with Crippen molar-refractivity contribution in [1.82, 2.24) is 14.8 Å². The Kier molecular flexibility index (Phi) is 9.60. The average molecular weight is 677 g/mol. The Balaban J connectivity index is 1.21. The van der Waals surface area contributed by atoms with Gasteiger partial charge in [-0.05, 0) is 72.0 Å². The van der Waals surface area contributed by atoms with E-state index in [2.05, 4.69) is 25.1 Å². The molecule has 0 spiro atoms. The van der Waals surface area contributed by atoms with Crippen molar-refractivity contribution < 1.29 is 40.7 Å². The molecule has 0 saturated carbocycles. The Morgan fingerprint density at radius 2 is 1.70 bits per heavy atom. The molecule has 1 aliphatic heterocycles. The van der Waals surface area contributed by atoms with Crippen molar-refractivity contribution in [2.75, 3.05) is 16.0 Å². The summed E-state index contributed by atoms with van der Waals surface area (Å²) in [6, 6.07) is 14.5. The van der Waals surface area contributed by atoms with Crippen LogP contribution in [0.4, 0.5) is 42.5 Å². The topological polar surface area (TPSA) is 102 Å². The van der Waals surface area contributed by atoms with E-state index in [0.717, 1.165) is 34.4 Å². The number of hydrogen-bond acceptors (Lipinski definition) is 6. The molecule has 1 saturated heterocycles. The first-order valence-electron chi connectivity index (χ1n) is 14.1. The van der Waals surface area contributed by atoms with Gasteiger partial charge in [-0.3, -0.25) is 9.69 Å². The van der Waals surface area contributed by atoms with Gasteiger partial charge in [0.15, 0.2) is 11.0 Å². The number of amidine groups is 1. The van der Waals surface area contributed by atoms with Crippen molar-refractivity contribution in [1.29, 1.82) is 0 Å². The van der Waals surface area contributed by atoms with E-state index >= 15 is 0 Å². The summed E-state index contributed by atoms with van der Waals surface area (Å²) in [6.45, 7) is 3.58. The minimum absolute atomic E-state index is 0.0251. The number of thioether (sulfide) groups is 1. The number of benzene rings is 3. The highest BCUT2D eigenvalue weighted by Gasteiger charge is 2.36. The molecule has 0 bridgehead atoms. The van der Waals surface area contributed by atoms with Crippen molar-refractivity contribution in [2.24, 2.45) is 4.99 Å². The van der Waals surface area contributed by atoms with Gasteiger partial charge in [0, 0.05) is 12.1 Å². The fraction of sp³-hybridized carbons (Fsp3) is 0.258. The molecule has 0 unspecified atom stereocenters. The largest absolute Gasteiger partial charge is 0.573 e. The van der Waals surface area contributed by atoms with Gasteiger partial charge in [0.2, 0.25) is 5.91 Å². The predicted molar refractivity (Wildman–Crippen MR) is 164 cm³/mol. The summed E-state index contributed by atoms with van der Waals surface area (Å²) in [5.41, 5.74) is 1.43. The number of amides is 3. The van der Waals surface area contributed by atoms with Gasteiger partial charge < -0.3 is 10.1 Å². The minimum Gasteiger partial charge on any atom is -0.406 e. The molecule has 0 radical (unpaired) electrons. The number of ether oxygens (including phenoxy) is 1. The zero-order valence-corrected chi connectivity index (χ0v) is 25.6. The Labute approximate surface area is 268 Å². The summed E-state index contributed by atoms with van der Waals surface area (Å²) in [7, 11) is 0. The van der Waals surface area contributed by atoms with Crippen molar-refractivity contribution >= 4 is 40.2 Å². The van der Waals surface area contributed by atoms with Crippen molar-refractivity contribution in [3.63, 3.8) is 0 Å². The lowest BCUT2D eigenvalue weighted by atomic mass is 9.98.